The SMILES string of the molecule is CC(C)Cc1nc2ccc(C(F)(F)F)nc2n1-c1ccc2c(c1)CC(=O)N2. The number of rotatable bonds is 3. The monoisotopic (exact) mass is 374 g/mol. The van der Waals surface area contributed by atoms with Crippen LogP contribution in [0.4, 0.5) is 18.9 Å². The Morgan fingerprint density at radius 3 is 2.67 bits per heavy atom. The van der Waals surface area contributed by atoms with Gasteiger partial charge in [-0.2, -0.15) is 13.2 Å². The maximum Gasteiger partial charge on any atom is 0.433 e. The first-order valence-corrected chi connectivity index (χ1v) is 8.61. The van der Waals surface area contributed by atoms with Crippen LogP contribution in [0.25, 0.3) is 16.9 Å². The molecule has 0 aliphatic carbocycles. The highest BCUT2D eigenvalue weighted by Gasteiger charge is 2.33. The highest BCUT2D eigenvalue weighted by atomic mass is 19.4. The maximum absolute atomic E-state index is 13.2. The number of carbonyl (C=O) groups is 1. The molecule has 0 atom stereocenters. The quantitative estimate of drug-likeness (QED) is 0.750. The third-order valence-electron chi connectivity index (χ3n) is 4.43. The number of imidazole rings is 1. The molecule has 140 valence electrons. The van der Waals surface area contributed by atoms with Crippen LogP contribution in [-0.4, -0.2) is 20.4 Å². The van der Waals surface area contributed by atoms with Gasteiger partial charge in [-0.05, 0) is 41.8 Å². The number of anilines is 1. The number of fused-ring (bicyclic) bond motifs is 2. The Morgan fingerprint density at radius 2 is 1.96 bits per heavy atom. The first-order valence-electron chi connectivity index (χ1n) is 8.61. The Kier molecular flexibility index (Phi) is 3.94. The number of nitrogens with zero attached hydrogens (tertiary/aromatic N) is 3. The van der Waals surface area contributed by atoms with Crippen molar-refractivity contribution in [1.29, 1.82) is 0 Å². The van der Waals surface area contributed by atoms with Gasteiger partial charge in [0, 0.05) is 17.8 Å². The molecule has 1 amide bonds. The first kappa shape index (κ1) is 17.5. The summed E-state index contributed by atoms with van der Waals surface area (Å²) < 4.78 is 41.1. The van der Waals surface area contributed by atoms with E-state index < -0.39 is 11.9 Å². The number of hydrogen-bond acceptors (Lipinski definition) is 3. The zero-order valence-electron chi connectivity index (χ0n) is 14.8. The van der Waals surface area contributed by atoms with E-state index in [9.17, 15) is 18.0 Å². The van der Waals surface area contributed by atoms with Gasteiger partial charge >= 0.3 is 6.18 Å². The van der Waals surface area contributed by atoms with Gasteiger partial charge in [-0.1, -0.05) is 13.8 Å². The number of amides is 1. The lowest BCUT2D eigenvalue weighted by molar-refractivity contribution is -0.141. The van der Waals surface area contributed by atoms with Crippen molar-refractivity contribution in [3.8, 4) is 5.69 Å². The Balaban J connectivity index is 1.93. The average molecular weight is 374 g/mol. The zero-order chi connectivity index (χ0) is 19.3. The maximum atomic E-state index is 13.2. The van der Waals surface area contributed by atoms with Crippen molar-refractivity contribution in [3.63, 3.8) is 0 Å². The van der Waals surface area contributed by atoms with Crippen molar-refractivity contribution in [2.45, 2.75) is 32.9 Å². The minimum absolute atomic E-state index is 0.0995. The summed E-state index contributed by atoms with van der Waals surface area (Å²) in [6.07, 6.45) is -3.70. The van der Waals surface area contributed by atoms with Gasteiger partial charge in [-0.25, -0.2) is 9.97 Å². The molecule has 3 aromatic rings. The summed E-state index contributed by atoms with van der Waals surface area (Å²) in [6, 6.07) is 7.62. The lowest BCUT2D eigenvalue weighted by atomic mass is 10.1. The van der Waals surface area contributed by atoms with Gasteiger partial charge in [0.1, 0.15) is 17.0 Å². The van der Waals surface area contributed by atoms with Crippen LogP contribution in [0.5, 0.6) is 0 Å². The predicted octanol–water partition coefficient (Wildman–Crippen LogP) is 4.13. The summed E-state index contributed by atoms with van der Waals surface area (Å²) >= 11 is 0. The van der Waals surface area contributed by atoms with E-state index >= 15 is 0 Å². The molecule has 1 aromatic carbocycles. The van der Waals surface area contributed by atoms with Gasteiger partial charge in [0.15, 0.2) is 5.65 Å². The van der Waals surface area contributed by atoms with E-state index in [4.69, 9.17) is 0 Å². The predicted molar refractivity (Wildman–Crippen MR) is 94.7 cm³/mol. The van der Waals surface area contributed by atoms with Crippen LogP contribution in [0, 0.1) is 5.92 Å². The molecule has 5 nitrogen and oxygen atoms in total. The van der Waals surface area contributed by atoms with E-state index in [1.54, 1.807) is 22.8 Å². The van der Waals surface area contributed by atoms with Crippen molar-refractivity contribution >= 4 is 22.8 Å². The summed E-state index contributed by atoms with van der Waals surface area (Å²) in [4.78, 5) is 20.0. The van der Waals surface area contributed by atoms with E-state index in [0.29, 0.717) is 23.4 Å². The molecule has 2 aromatic heterocycles. The highest BCUT2D eigenvalue weighted by Crippen LogP contribution is 2.32. The fraction of sp³-hybridized carbons (Fsp3) is 0.316. The van der Waals surface area contributed by atoms with Gasteiger partial charge in [0.25, 0.3) is 0 Å². The molecule has 4 rings (SSSR count). The van der Waals surface area contributed by atoms with Crippen LogP contribution >= 0.6 is 0 Å². The molecule has 27 heavy (non-hydrogen) atoms. The molecule has 0 saturated carbocycles. The van der Waals surface area contributed by atoms with Crippen LogP contribution in [0.2, 0.25) is 0 Å². The van der Waals surface area contributed by atoms with Gasteiger partial charge in [-0.3, -0.25) is 9.36 Å². The summed E-state index contributed by atoms with van der Waals surface area (Å²) in [5, 5.41) is 2.75. The third-order valence-corrected chi connectivity index (χ3v) is 4.43. The van der Waals surface area contributed by atoms with Gasteiger partial charge in [0.05, 0.1) is 6.42 Å². The highest BCUT2D eigenvalue weighted by molar-refractivity contribution is 5.99. The molecule has 0 spiro atoms. The van der Waals surface area contributed by atoms with Crippen molar-refractivity contribution in [2.24, 2.45) is 5.92 Å². The van der Waals surface area contributed by atoms with E-state index in [2.05, 4.69) is 15.3 Å². The van der Waals surface area contributed by atoms with Crippen molar-refractivity contribution in [1.82, 2.24) is 14.5 Å². The standard InChI is InChI=1S/C19H17F3N4O/c1-10(2)7-16-23-14-5-6-15(19(20,21)22)25-18(14)26(16)12-3-4-13-11(8-12)9-17(27)24-13/h3-6,8,10H,7,9H2,1-2H3,(H,24,27). The van der Waals surface area contributed by atoms with E-state index in [-0.39, 0.29) is 23.9 Å². The first-order chi connectivity index (χ1) is 12.7. The Hall–Kier alpha value is -2.90. The number of carbonyl (C=O) groups excluding carboxylic acids is 1. The summed E-state index contributed by atoms with van der Waals surface area (Å²) in [5.74, 6) is 0.807. The third kappa shape index (κ3) is 3.15. The molecule has 0 radical (unpaired) electrons. The topological polar surface area (TPSA) is 59.8 Å². The van der Waals surface area contributed by atoms with Gasteiger partial charge in [-0.15, -0.1) is 0 Å². The fourth-order valence-corrected chi connectivity index (χ4v) is 3.29. The lowest BCUT2D eigenvalue weighted by Crippen LogP contribution is -2.10. The summed E-state index contributed by atoms with van der Waals surface area (Å²) in [6.45, 7) is 4.03. The molecule has 1 aliphatic rings. The van der Waals surface area contributed by atoms with Crippen molar-refractivity contribution < 1.29 is 18.0 Å². The molecule has 0 unspecified atom stereocenters. The number of pyridine rings is 1. The van der Waals surface area contributed by atoms with Gasteiger partial charge < -0.3 is 5.32 Å². The molecular formula is C19H17F3N4O. The second-order valence-electron chi connectivity index (χ2n) is 7.06. The Labute approximate surface area is 153 Å². The van der Waals surface area contributed by atoms with E-state index in [1.807, 2.05) is 13.8 Å². The molecule has 8 heteroatoms. The Morgan fingerprint density at radius 1 is 1.19 bits per heavy atom. The van der Waals surface area contributed by atoms with Crippen LogP contribution in [0.15, 0.2) is 30.3 Å². The molecule has 3 heterocycles. The van der Waals surface area contributed by atoms with Crippen LogP contribution in [0.3, 0.4) is 0 Å². The largest absolute Gasteiger partial charge is 0.433 e. The molecule has 1 aliphatic heterocycles. The second kappa shape index (κ2) is 6.07. The van der Waals surface area contributed by atoms with E-state index in [0.717, 1.165) is 17.3 Å². The number of halogens is 3. The molecule has 1 N–H and O–H groups in total. The smallest absolute Gasteiger partial charge is 0.326 e. The normalized spacial score (nSPS) is 14.1. The number of aromatic nitrogens is 3. The number of alkyl halides is 3. The van der Waals surface area contributed by atoms with Crippen molar-refractivity contribution in [2.75, 3.05) is 5.32 Å². The second-order valence-corrected chi connectivity index (χ2v) is 7.06. The lowest BCUT2D eigenvalue weighted by Gasteiger charge is -2.12. The molecule has 0 bridgehead atoms. The van der Waals surface area contributed by atoms with Crippen LogP contribution < -0.4 is 5.32 Å². The van der Waals surface area contributed by atoms with E-state index in [1.165, 1.54) is 6.07 Å². The average Bonchev–Trinajstić information content (AvgIpc) is 3.10. The zero-order valence-corrected chi connectivity index (χ0v) is 14.8. The molecule has 0 fully saturated rings. The number of hydrogen-bond donors (Lipinski definition) is 1. The van der Waals surface area contributed by atoms with Crippen molar-refractivity contribution in [3.05, 3.63) is 47.4 Å². The summed E-state index contributed by atoms with van der Waals surface area (Å²) in [5.41, 5.74) is 1.80. The minimum Gasteiger partial charge on any atom is -0.326 e. The number of benzene rings is 1. The number of nitrogens with one attached hydrogen (secondary N) is 1. The van der Waals surface area contributed by atoms with Crippen LogP contribution in [0.1, 0.15) is 30.9 Å². The van der Waals surface area contributed by atoms with Gasteiger partial charge in [0.2, 0.25) is 5.91 Å². The molecular weight excluding hydrogens is 357 g/mol. The minimum atomic E-state index is -4.53. The summed E-state index contributed by atoms with van der Waals surface area (Å²) in [7, 11) is 0. The van der Waals surface area contributed by atoms with Crippen LogP contribution in [-0.2, 0) is 23.8 Å². The fourth-order valence-electron chi connectivity index (χ4n) is 3.29. The molecule has 0 saturated heterocycles. The Bertz CT molecular complexity index is 1050.